The number of H-pyrrole nitrogens is 1. The lowest BCUT2D eigenvalue weighted by molar-refractivity contribution is -0.137. The van der Waals surface area contributed by atoms with Gasteiger partial charge in [0, 0.05) is 6.08 Å². The van der Waals surface area contributed by atoms with Crippen LogP contribution in [0.15, 0.2) is 42.0 Å². The van der Waals surface area contributed by atoms with Crippen molar-refractivity contribution in [2.75, 3.05) is 6.61 Å². The van der Waals surface area contributed by atoms with Crippen molar-refractivity contribution in [2.45, 2.75) is 13.8 Å². The van der Waals surface area contributed by atoms with Gasteiger partial charge in [-0.3, -0.25) is 0 Å². The molecule has 0 saturated heterocycles. The third kappa shape index (κ3) is 3.55. The molecule has 0 bridgehead atoms. The highest BCUT2D eigenvalue weighted by molar-refractivity contribution is 5.83. The van der Waals surface area contributed by atoms with Crippen LogP contribution in [0.3, 0.4) is 0 Å². The zero-order valence-corrected chi connectivity index (χ0v) is 11.0. The largest absolute Gasteiger partial charge is 0.463 e. The number of benzene rings is 1. The Morgan fingerprint density at radius 1 is 1.42 bits per heavy atom. The Morgan fingerprint density at radius 3 is 2.95 bits per heavy atom. The predicted octanol–water partition coefficient (Wildman–Crippen LogP) is 3.09. The first-order valence-electron chi connectivity index (χ1n) is 6.17. The van der Waals surface area contributed by atoms with Gasteiger partial charge in [0.1, 0.15) is 5.82 Å². The molecule has 0 amide bonds. The number of esters is 1. The Labute approximate surface area is 111 Å². The second kappa shape index (κ2) is 6.00. The van der Waals surface area contributed by atoms with Crippen LogP contribution >= 0.6 is 0 Å². The minimum Gasteiger partial charge on any atom is -0.463 e. The number of ether oxygens (including phenoxy) is 1. The van der Waals surface area contributed by atoms with E-state index < -0.39 is 0 Å². The summed E-state index contributed by atoms with van der Waals surface area (Å²) in [7, 11) is 0. The van der Waals surface area contributed by atoms with Crippen molar-refractivity contribution < 1.29 is 9.53 Å². The molecule has 0 unspecified atom stereocenters. The molecular weight excluding hydrogens is 240 g/mol. The number of carbonyl (C=O) groups excluding carboxylic acids is 1. The van der Waals surface area contributed by atoms with Crippen molar-refractivity contribution in [1.82, 2.24) is 9.97 Å². The first kappa shape index (κ1) is 13.1. The number of carbonyl (C=O) groups is 1. The fraction of sp³-hybridized carbons (Fsp3) is 0.200. The molecule has 0 radical (unpaired) electrons. The number of aromatic amines is 1. The minimum absolute atomic E-state index is 0.325. The minimum atomic E-state index is -0.325. The van der Waals surface area contributed by atoms with E-state index in [-0.39, 0.29) is 5.97 Å². The van der Waals surface area contributed by atoms with E-state index in [9.17, 15) is 4.79 Å². The third-order valence-corrected chi connectivity index (χ3v) is 2.54. The van der Waals surface area contributed by atoms with Crippen molar-refractivity contribution in [3.05, 3.63) is 47.8 Å². The molecule has 0 aliphatic rings. The third-order valence-electron chi connectivity index (χ3n) is 2.54. The fourth-order valence-corrected chi connectivity index (χ4v) is 1.68. The van der Waals surface area contributed by atoms with Crippen LogP contribution in [0.5, 0.6) is 0 Å². The summed E-state index contributed by atoms with van der Waals surface area (Å²) in [5.41, 5.74) is 2.74. The Kier molecular flexibility index (Phi) is 4.13. The maximum Gasteiger partial charge on any atom is 0.330 e. The normalized spacial score (nSPS) is 12.2. The standard InChI is InChI=1S/C15H16N2O2/c1-3-19-15(18)10-11(2)8-9-14-16-12-6-4-5-7-13(12)17-14/h4-10H,3H2,1-2H3,(H,16,17). The van der Waals surface area contributed by atoms with Crippen LogP contribution in [-0.2, 0) is 9.53 Å². The molecule has 1 heterocycles. The Balaban J connectivity index is 2.11. The highest BCUT2D eigenvalue weighted by Gasteiger charge is 1.99. The molecule has 0 spiro atoms. The molecule has 1 N–H and O–H groups in total. The zero-order chi connectivity index (χ0) is 13.7. The molecule has 2 rings (SSSR count). The van der Waals surface area contributed by atoms with Gasteiger partial charge in [-0.1, -0.05) is 18.2 Å². The summed E-state index contributed by atoms with van der Waals surface area (Å²) < 4.78 is 4.84. The number of rotatable bonds is 4. The SMILES string of the molecule is CCOC(=O)C=C(C)C=Cc1nc2ccccc2[nH]1. The molecule has 0 aliphatic carbocycles. The van der Waals surface area contributed by atoms with Crippen molar-refractivity contribution in [1.29, 1.82) is 0 Å². The molecule has 98 valence electrons. The number of allylic oxidation sites excluding steroid dienone is 2. The van der Waals surface area contributed by atoms with Crippen LogP contribution in [0.4, 0.5) is 0 Å². The van der Waals surface area contributed by atoms with Crippen molar-refractivity contribution in [2.24, 2.45) is 0 Å². The number of imidazole rings is 1. The number of nitrogens with zero attached hydrogens (tertiary/aromatic N) is 1. The second-order valence-electron chi connectivity index (χ2n) is 4.11. The van der Waals surface area contributed by atoms with Crippen molar-refractivity contribution >= 4 is 23.1 Å². The number of hydrogen-bond donors (Lipinski definition) is 1. The first-order chi connectivity index (χ1) is 9.19. The summed E-state index contributed by atoms with van der Waals surface area (Å²) in [6.07, 6.45) is 5.13. The van der Waals surface area contributed by atoms with E-state index in [1.54, 1.807) is 6.92 Å². The van der Waals surface area contributed by atoms with E-state index in [1.807, 2.05) is 43.3 Å². The number of fused-ring (bicyclic) bond motifs is 1. The maximum absolute atomic E-state index is 11.2. The second-order valence-corrected chi connectivity index (χ2v) is 4.11. The smallest absolute Gasteiger partial charge is 0.330 e. The number of aromatic nitrogens is 2. The van der Waals surface area contributed by atoms with Crippen LogP contribution in [0.25, 0.3) is 17.1 Å². The quantitative estimate of drug-likeness (QED) is 0.519. The maximum atomic E-state index is 11.2. The van der Waals surface area contributed by atoms with E-state index >= 15 is 0 Å². The Hall–Kier alpha value is -2.36. The number of hydrogen-bond acceptors (Lipinski definition) is 3. The number of para-hydroxylation sites is 2. The molecule has 0 saturated carbocycles. The highest BCUT2D eigenvalue weighted by Crippen LogP contribution is 2.11. The van der Waals surface area contributed by atoms with Gasteiger partial charge < -0.3 is 9.72 Å². The summed E-state index contributed by atoms with van der Waals surface area (Å²) in [6, 6.07) is 7.83. The molecule has 2 aromatic rings. The van der Waals surface area contributed by atoms with Gasteiger partial charge in [0.25, 0.3) is 0 Å². The molecular formula is C15H16N2O2. The average Bonchev–Trinajstić information content (AvgIpc) is 2.79. The Bertz CT molecular complexity index is 605. The van der Waals surface area contributed by atoms with Gasteiger partial charge >= 0.3 is 5.97 Å². The summed E-state index contributed by atoms with van der Waals surface area (Å²) >= 11 is 0. The van der Waals surface area contributed by atoms with E-state index in [0.29, 0.717) is 6.61 Å². The van der Waals surface area contributed by atoms with Gasteiger partial charge in [-0.25, -0.2) is 9.78 Å². The predicted molar refractivity (Wildman–Crippen MR) is 75.5 cm³/mol. The summed E-state index contributed by atoms with van der Waals surface area (Å²) in [5.74, 6) is 0.437. The van der Waals surface area contributed by atoms with E-state index in [2.05, 4.69) is 9.97 Å². The van der Waals surface area contributed by atoms with Crippen LogP contribution in [0.2, 0.25) is 0 Å². The van der Waals surface area contributed by atoms with Crippen LogP contribution in [0.1, 0.15) is 19.7 Å². The molecule has 1 aromatic heterocycles. The summed E-state index contributed by atoms with van der Waals surface area (Å²) in [4.78, 5) is 18.9. The molecule has 4 nitrogen and oxygen atoms in total. The molecule has 0 aliphatic heterocycles. The molecule has 0 fully saturated rings. The molecule has 1 aromatic carbocycles. The number of nitrogens with one attached hydrogen (secondary N) is 1. The molecule has 4 heteroatoms. The van der Waals surface area contributed by atoms with E-state index in [4.69, 9.17) is 4.74 Å². The molecule has 0 atom stereocenters. The lowest BCUT2D eigenvalue weighted by atomic mass is 10.2. The zero-order valence-electron chi connectivity index (χ0n) is 11.0. The van der Waals surface area contributed by atoms with Gasteiger partial charge in [-0.15, -0.1) is 0 Å². The van der Waals surface area contributed by atoms with Crippen molar-refractivity contribution in [3.8, 4) is 0 Å². The topological polar surface area (TPSA) is 55.0 Å². The van der Waals surface area contributed by atoms with Crippen molar-refractivity contribution in [3.63, 3.8) is 0 Å². The van der Waals surface area contributed by atoms with Gasteiger partial charge in [0.15, 0.2) is 0 Å². The summed E-state index contributed by atoms with van der Waals surface area (Å²) in [6.45, 7) is 4.01. The van der Waals surface area contributed by atoms with Gasteiger partial charge in [-0.2, -0.15) is 0 Å². The molecule has 19 heavy (non-hydrogen) atoms. The van der Waals surface area contributed by atoms with E-state index in [0.717, 1.165) is 22.4 Å². The fourth-order valence-electron chi connectivity index (χ4n) is 1.68. The van der Waals surface area contributed by atoms with Gasteiger partial charge in [0.05, 0.1) is 17.6 Å². The van der Waals surface area contributed by atoms with Gasteiger partial charge in [0.2, 0.25) is 0 Å². The monoisotopic (exact) mass is 256 g/mol. The van der Waals surface area contributed by atoms with Crippen LogP contribution in [0, 0.1) is 0 Å². The van der Waals surface area contributed by atoms with Gasteiger partial charge in [-0.05, 0) is 37.6 Å². The highest BCUT2D eigenvalue weighted by atomic mass is 16.5. The van der Waals surface area contributed by atoms with Crippen LogP contribution in [-0.4, -0.2) is 22.5 Å². The lowest BCUT2D eigenvalue weighted by Crippen LogP contribution is -1.99. The first-order valence-corrected chi connectivity index (χ1v) is 6.17. The average molecular weight is 256 g/mol. The summed E-state index contributed by atoms with van der Waals surface area (Å²) in [5, 5.41) is 0. The Morgan fingerprint density at radius 2 is 2.21 bits per heavy atom. The lowest BCUT2D eigenvalue weighted by Gasteiger charge is -1.95. The van der Waals surface area contributed by atoms with Crippen LogP contribution < -0.4 is 0 Å². The van der Waals surface area contributed by atoms with E-state index in [1.165, 1.54) is 6.08 Å².